The fraction of sp³-hybridized carbons (Fsp3) is 0.619. The standard InChI is InChI=1S/C21H30N2O7/c1-15(24)18-13-17(10-11-19(18)23(27)28)30-12-6-9-20(25)22(14-21(26)29-2)16-7-4-3-5-8-16/h10-11,13,15-16,24H,3-9,12,14H2,1-2H3. The molecule has 1 amide bonds. The first-order chi connectivity index (χ1) is 14.3. The molecule has 1 unspecified atom stereocenters. The highest BCUT2D eigenvalue weighted by atomic mass is 16.6. The number of ether oxygens (including phenoxy) is 2. The second-order valence-electron chi connectivity index (χ2n) is 7.50. The second-order valence-corrected chi connectivity index (χ2v) is 7.50. The van der Waals surface area contributed by atoms with E-state index in [4.69, 9.17) is 9.47 Å². The van der Waals surface area contributed by atoms with Crippen molar-refractivity contribution in [1.82, 2.24) is 4.90 Å². The minimum absolute atomic E-state index is 0.0407. The minimum atomic E-state index is -1.00. The Morgan fingerprint density at radius 1 is 1.30 bits per heavy atom. The molecule has 1 aromatic rings. The van der Waals surface area contributed by atoms with Gasteiger partial charge in [0.1, 0.15) is 12.3 Å². The summed E-state index contributed by atoms with van der Waals surface area (Å²) in [6, 6.07) is 4.27. The van der Waals surface area contributed by atoms with E-state index in [0.717, 1.165) is 32.1 Å². The van der Waals surface area contributed by atoms with Crippen molar-refractivity contribution in [1.29, 1.82) is 0 Å². The van der Waals surface area contributed by atoms with Gasteiger partial charge in [0, 0.05) is 18.5 Å². The average molecular weight is 422 g/mol. The van der Waals surface area contributed by atoms with Gasteiger partial charge in [-0.25, -0.2) is 0 Å². The second kappa shape index (κ2) is 11.5. The van der Waals surface area contributed by atoms with Crippen molar-refractivity contribution in [3.05, 3.63) is 33.9 Å². The van der Waals surface area contributed by atoms with Crippen LogP contribution < -0.4 is 4.74 Å². The van der Waals surface area contributed by atoms with Crippen molar-refractivity contribution in [3.63, 3.8) is 0 Å². The fourth-order valence-corrected chi connectivity index (χ4v) is 3.70. The first kappa shape index (κ1) is 23.6. The molecule has 1 aliphatic rings. The third-order valence-electron chi connectivity index (χ3n) is 5.31. The third kappa shape index (κ3) is 6.69. The van der Waals surface area contributed by atoms with Crippen LogP contribution >= 0.6 is 0 Å². The summed E-state index contributed by atoms with van der Waals surface area (Å²) >= 11 is 0. The van der Waals surface area contributed by atoms with Gasteiger partial charge in [-0.2, -0.15) is 0 Å². The van der Waals surface area contributed by atoms with Crippen LogP contribution in [0, 0.1) is 10.1 Å². The molecule has 1 fully saturated rings. The van der Waals surface area contributed by atoms with Crippen molar-refractivity contribution in [2.75, 3.05) is 20.3 Å². The average Bonchev–Trinajstić information content (AvgIpc) is 2.74. The Balaban J connectivity index is 1.91. The summed E-state index contributed by atoms with van der Waals surface area (Å²) in [7, 11) is 1.31. The molecule has 0 bridgehead atoms. The highest BCUT2D eigenvalue weighted by Crippen LogP contribution is 2.29. The Labute approximate surface area is 176 Å². The number of methoxy groups -OCH3 is 1. The summed E-state index contributed by atoms with van der Waals surface area (Å²) < 4.78 is 10.3. The highest BCUT2D eigenvalue weighted by molar-refractivity contribution is 5.82. The zero-order valence-electron chi connectivity index (χ0n) is 17.5. The molecule has 1 atom stereocenters. The quantitative estimate of drug-likeness (QED) is 0.266. The Bertz CT molecular complexity index is 745. The molecule has 0 aliphatic heterocycles. The molecule has 0 aromatic heterocycles. The Morgan fingerprint density at radius 3 is 2.60 bits per heavy atom. The van der Waals surface area contributed by atoms with Crippen molar-refractivity contribution in [2.24, 2.45) is 0 Å². The van der Waals surface area contributed by atoms with Crippen LogP contribution in [0.4, 0.5) is 5.69 Å². The smallest absolute Gasteiger partial charge is 0.325 e. The Hall–Kier alpha value is -2.68. The lowest BCUT2D eigenvalue weighted by atomic mass is 9.94. The lowest BCUT2D eigenvalue weighted by Crippen LogP contribution is -2.44. The molecular weight excluding hydrogens is 392 g/mol. The number of amides is 1. The van der Waals surface area contributed by atoms with Crippen molar-refractivity contribution < 1.29 is 29.1 Å². The van der Waals surface area contributed by atoms with E-state index in [0.29, 0.717) is 12.2 Å². The molecule has 0 spiro atoms. The maximum Gasteiger partial charge on any atom is 0.325 e. The predicted molar refractivity (Wildman–Crippen MR) is 109 cm³/mol. The van der Waals surface area contributed by atoms with E-state index in [9.17, 15) is 24.8 Å². The van der Waals surface area contributed by atoms with E-state index in [1.807, 2.05) is 0 Å². The van der Waals surface area contributed by atoms with Crippen molar-refractivity contribution in [2.45, 2.75) is 64.0 Å². The molecule has 1 aliphatic carbocycles. The van der Waals surface area contributed by atoms with Crippen LogP contribution in [0.15, 0.2) is 18.2 Å². The van der Waals surface area contributed by atoms with Gasteiger partial charge in [0.2, 0.25) is 5.91 Å². The molecular formula is C21H30N2O7. The lowest BCUT2D eigenvalue weighted by Gasteiger charge is -2.33. The largest absolute Gasteiger partial charge is 0.494 e. The molecule has 30 heavy (non-hydrogen) atoms. The van der Waals surface area contributed by atoms with Crippen LogP contribution in [0.5, 0.6) is 5.75 Å². The SMILES string of the molecule is COC(=O)CN(C(=O)CCCOc1ccc([N+](=O)[O-])c(C(C)O)c1)C1CCCCC1. The number of hydrogen-bond donors (Lipinski definition) is 1. The summed E-state index contributed by atoms with van der Waals surface area (Å²) in [5, 5.41) is 20.8. The number of carbonyl (C=O) groups excluding carboxylic acids is 2. The van der Waals surface area contributed by atoms with Gasteiger partial charge in [-0.05, 0) is 38.3 Å². The zero-order valence-corrected chi connectivity index (χ0v) is 17.5. The van der Waals surface area contributed by atoms with Gasteiger partial charge in [0.15, 0.2) is 0 Å². The van der Waals surface area contributed by atoms with Crippen molar-refractivity contribution >= 4 is 17.6 Å². The van der Waals surface area contributed by atoms with Gasteiger partial charge in [-0.1, -0.05) is 19.3 Å². The zero-order chi connectivity index (χ0) is 22.1. The normalized spacial score (nSPS) is 15.3. The van der Waals surface area contributed by atoms with Crippen LogP contribution in [0.2, 0.25) is 0 Å². The number of nitrogens with zero attached hydrogens (tertiary/aromatic N) is 2. The number of aliphatic hydroxyl groups is 1. The van der Waals surface area contributed by atoms with E-state index in [2.05, 4.69) is 0 Å². The molecule has 9 nitrogen and oxygen atoms in total. The highest BCUT2D eigenvalue weighted by Gasteiger charge is 2.27. The van der Waals surface area contributed by atoms with Gasteiger partial charge in [-0.3, -0.25) is 19.7 Å². The van der Waals surface area contributed by atoms with E-state index >= 15 is 0 Å². The molecule has 2 rings (SSSR count). The summed E-state index contributed by atoms with van der Waals surface area (Å²) in [5.74, 6) is -0.145. The third-order valence-corrected chi connectivity index (χ3v) is 5.31. The minimum Gasteiger partial charge on any atom is -0.494 e. The summed E-state index contributed by atoms with van der Waals surface area (Å²) in [6.45, 7) is 1.65. The number of esters is 1. The maximum atomic E-state index is 12.7. The van der Waals surface area contributed by atoms with Crippen LogP contribution in [-0.4, -0.2) is 53.1 Å². The van der Waals surface area contributed by atoms with Crippen LogP contribution in [0.1, 0.15) is 63.5 Å². The van der Waals surface area contributed by atoms with Gasteiger partial charge in [0.05, 0.1) is 30.3 Å². The Morgan fingerprint density at radius 2 is 2.00 bits per heavy atom. The molecule has 1 N–H and O–H groups in total. The molecule has 0 heterocycles. The van der Waals surface area contributed by atoms with Crippen LogP contribution in [0.25, 0.3) is 0 Å². The van der Waals surface area contributed by atoms with Crippen molar-refractivity contribution in [3.8, 4) is 5.75 Å². The topological polar surface area (TPSA) is 119 Å². The van der Waals surface area contributed by atoms with Gasteiger partial charge in [0.25, 0.3) is 5.69 Å². The molecule has 0 radical (unpaired) electrons. The summed E-state index contributed by atoms with van der Waals surface area (Å²) in [6.07, 6.45) is 4.68. The number of rotatable bonds is 10. The molecule has 0 saturated heterocycles. The van der Waals surface area contributed by atoms with Gasteiger partial charge in [-0.15, -0.1) is 0 Å². The van der Waals surface area contributed by atoms with E-state index < -0.39 is 17.0 Å². The van der Waals surface area contributed by atoms with E-state index in [-0.39, 0.29) is 42.8 Å². The first-order valence-electron chi connectivity index (χ1n) is 10.3. The number of benzene rings is 1. The fourth-order valence-electron chi connectivity index (χ4n) is 3.70. The monoisotopic (exact) mass is 422 g/mol. The van der Waals surface area contributed by atoms with Gasteiger partial charge >= 0.3 is 5.97 Å². The number of nitro groups is 1. The molecule has 1 saturated carbocycles. The number of aliphatic hydroxyl groups excluding tert-OH is 1. The van der Waals surface area contributed by atoms with E-state index in [1.54, 1.807) is 4.90 Å². The van der Waals surface area contributed by atoms with E-state index in [1.165, 1.54) is 32.2 Å². The van der Waals surface area contributed by atoms with Crippen LogP contribution in [-0.2, 0) is 14.3 Å². The molecule has 9 heteroatoms. The summed E-state index contributed by atoms with van der Waals surface area (Å²) in [5.41, 5.74) is 0.00795. The van der Waals surface area contributed by atoms with Crippen LogP contribution in [0.3, 0.4) is 0 Å². The lowest BCUT2D eigenvalue weighted by molar-refractivity contribution is -0.386. The predicted octanol–water partition coefficient (Wildman–Crippen LogP) is 3.14. The maximum absolute atomic E-state index is 12.7. The molecule has 1 aromatic carbocycles. The summed E-state index contributed by atoms with van der Waals surface area (Å²) in [4.78, 5) is 36.6. The first-order valence-corrected chi connectivity index (χ1v) is 10.3. The molecule has 166 valence electrons. The number of nitro benzene ring substituents is 1. The Kier molecular flexibility index (Phi) is 9.04. The van der Waals surface area contributed by atoms with Gasteiger partial charge < -0.3 is 19.5 Å². The number of carbonyl (C=O) groups is 2. The number of hydrogen-bond acceptors (Lipinski definition) is 7.